The molecule has 90 valence electrons. The predicted molar refractivity (Wildman–Crippen MR) is 65.6 cm³/mol. The molecule has 0 bridgehead atoms. The Morgan fingerprint density at radius 2 is 1.73 bits per heavy atom. The predicted octanol–water partition coefficient (Wildman–Crippen LogP) is 2.60. The summed E-state index contributed by atoms with van der Waals surface area (Å²) in [5.41, 5.74) is 0.263. The van der Waals surface area contributed by atoms with Crippen LogP contribution in [0.15, 0.2) is 12.2 Å². The van der Waals surface area contributed by atoms with E-state index in [1.165, 1.54) is 0 Å². The van der Waals surface area contributed by atoms with Gasteiger partial charge in [-0.05, 0) is 20.0 Å². The lowest BCUT2D eigenvalue weighted by Gasteiger charge is -2.26. The van der Waals surface area contributed by atoms with Crippen LogP contribution in [0.3, 0.4) is 0 Å². The lowest BCUT2D eigenvalue weighted by Crippen LogP contribution is -2.35. The summed E-state index contributed by atoms with van der Waals surface area (Å²) in [6.07, 6.45) is 0. The van der Waals surface area contributed by atoms with Crippen LogP contribution in [0.1, 0.15) is 27.7 Å². The van der Waals surface area contributed by atoms with Crippen molar-refractivity contribution in [3.05, 3.63) is 12.2 Å². The zero-order valence-electron chi connectivity index (χ0n) is 10.1. The lowest BCUT2D eigenvalue weighted by atomic mass is 10.1. The van der Waals surface area contributed by atoms with Crippen molar-refractivity contribution in [3.8, 4) is 0 Å². The van der Waals surface area contributed by atoms with Crippen LogP contribution >= 0.6 is 11.6 Å². The number of carbonyl (C=O) groups is 1. The molecule has 0 aliphatic carbocycles. The van der Waals surface area contributed by atoms with Gasteiger partial charge in [0, 0.05) is 17.5 Å². The number of rotatable bonds is 5. The Morgan fingerprint density at radius 3 is 1.93 bits per heavy atom. The van der Waals surface area contributed by atoms with Gasteiger partial charge in [0.05, 0.1) is 0 Å². The molecule has 15 heavy (non-hydrogen) atoms. The van der Waals surface area contributed by atoms with E-state index in [1.807, 2.05) is 27.7 Å². The van der Waals surface area contributed by atoms with E-state index >= 15 is 0 Å². The number of halogens is 1. The topological polar surface area (TPSA) is 40.5 Å². The van der Waals surface area contributed by atoms with Gasteiger partial charge in [0.1, 0.15) is 0 Å². The van der Waals surface area contributed by atoms with Gasteiger partial charge in [-0.1, -0.05) is 27.4 Å². The summed E-state index contributed by atoms with van der Waals surface area (Å²) in [6, 6.07) is -0.0718. The van der Waals surface area contributed by atoms with Crippen molar-refractivity contribution in [3.63, 3.8) is 0 Å². The van der Waals surface area contributed by atoms with Gasteiger partial charge < -0.3 is 5.11 Å². The average Bonchev–Trinajstić information content (AvgIpc) is 2.19. The summed E-state index contributed by atoms with van der Waals surface area (Å²) < 4.78 is 0. The smallest absolute Gasteiger partial charge is 0.332 e. The maximum atomic E-state index is 10.6. The summed E-state index contributed by atoms with van der Waals surface area (Å²) in [6.45, 7) is 13.0. The molecule has 0 rings (SSSR count). The molecule has 3 nitrogen and oxygen atoms in total. The first kappa shape index (κ1) is 16.9. The van der Waals surface area contributed by atoms with E-state index in [2.05, 4.69) is 11.5 Å². The lowest BCUT2D eigenvalue weighted by molar-refractivity contribution is -0.133. The van der Waals surface area contributed by atoms with Gasteiger partial charge >= 0.3 is 5.97 Å². The van der Waals surface area contributed by atoms with E-state index < -0.39 is 5.97 Å². The van der Waals surface area contributed by atoms with Gasteiger partial charge in [-0.2, -0.15) is 0 Å². The van der Waals surface area contributed by atoms with Crippen molar-refractivity contribution in [2.24, 2.45) is 0 Å². The van der Waals surface area contributed by atoms with Crippen LogP contribution in [0.25, 0.3) is 0 Å². The number of hydrogen-bond acceptors (Lipinski definition) is 2. The Kier molecular flexibility index (Phi) is 11.2. The number of carboxylic acid groups (broad SMARTS) is 1. The van der Waals surface area contributed by atoms with Crippen LogP contribution in [0, 0.1) is 0 Å². The number of hydrogen-bond donors (Lipinski definition) is 1. The highest BCUT2D eigenvalue weighted by Gasteiger charge is 2.17. The van der Waals surface area contributed by atoms with Gasteiger partial charge in [0.25, 0.3) is 0 Å². The molecule has 0 aliphatic heterocycles. The third-order valence-corrected chi connectivity index (χ3v) is 2.14. The highest BCUT2D eigenvalue weighted by atomic mass is 35.5. The van der Waals surface area contributed by atoms with Gasteiger partial charge in [-0.15, -0.1) is 11.6 Å². The first-order chi connectivity index (χ1) is 6.95. The molecule has 0 aromatic carbocycles. The third-order valence-electron chi connectivity index (χ3n) is 2.14. The van der Waals surface area contributed by atoms with E-state index in [9.17, 15) is 4.79 Å². The van der Waals surface area contributed by atoms with Gasteiger partial charge in [0.15, 0.2) is 0 Å². The Morgan fingerprint density at radius 1 is 1.40 bits per heavy atom. The monoisotopic (exact) mass is 235 g/mol. The standard InChI is InChI=1S/C9H17NO2.C2H5Cl/c1-5-10(6-2)8(4)7(3)9(11)12;1-2-3/h8H,3,5-6H2,1-2,4H3,(H,11,12);2H2,1H3. The van der Waals surface area contributed by atoms with Crippen LogP contribution in [0.4, 0.5) is 0 Å². The summed E-state index contributed by atoms with van der Waals surface area (Å²) in [5, 5.41) is 8.67. The van der Waals surface area contributed by atoms with E-state index in [4.69, 9.17) is 16.7 Å². The van der Waals surface area contributed by atoms with Gasteiger partial charge in [0.2, 0.25) is 0 Å². The zero-order chi connectivity index (χ0) is 12.4. The second-order valence-corrected chi connectivity index (χ2v) is 3.53. The molecule has 0 fully saturated rings. The van der Waals surface area contributed by atoms with Gasteiger partial charge in [-0.3, -0.25) is 4.90 Å². The molecular formula is C11H22ClNO2. The zero-order valence-corrected chi connectivity index (χ0v) is 10.8. The van der Waals surface area contributed by atoms with Gasteiger partial charge in [-0.25, -0.2) is 4.79 Å². The number of likely N-dealkylation sites (N-methyl/N-ethyl adjacent to an activating group) is 1. The Hall–Kier alpha value is -0.540. The second kappa shape index (κ2) is 9.99. The minimum absolute atomic E-state index is 0.0718. The molecule has 0 aliphatic rings. The van der Waals surface area contributed by atoms with Crippen LogP contribution in [-0.4, -0.2) is 41.0 Å². The molecular weight excluding hydrogens is 214 g/mol. The fourth-order valence-corrected chi connectivity index (χ4v) is 1.17. The van der Waals surface area contributed by atoms with Crippen LogP contribution in [0.5, 0.6) is 0 Å². The molecule has 0 aromatic heterocycles. The number of carboxylic acids is 1. The summed E-state index contributed by atoms with van der Waals surface area (Å²) >= 11 is 5.00. The number of nitrogens with zero attached hydrogens (tertiary/aromatic N) is 1. The summed E-state index contributed by atoms with van der Waals surface area (Å²) in [4.78, 5) is 12.6. The van der Waals surface area contributed by atoms with Crippen molar-refractivity contribution in [1.82, 2.24) is 4.90 Å². The maximum Gasteiger partial charge on any atom is 0.332 e. The second-order valence-electron chi connectivity index (χ2n) is 2.99. The first-order valence-electron chi connectivity index (χ1n) is 5.18. The van der Waals surface area contributed by atoms with Crippen LogP contribution in [0.2, 0.25) is 0 Å². The first-order valence-corrected chi connectivity index (χ1v) is 5.71. The van der Waals surface area contributed by atoms with Crippen LogP contribution in [-0.2, 0) is 4.79 Å². The highest BCUT2D eigenvalue weighted by molar-refractivity contribution is 6.17. The molecule has 0 amide bonds. The number of aliphatic carboxylic acids is 1. The highest BCUT2D eigenvalue weighted by Crippen LogP contribution is 2.07. The normalized spacial score (nSPS) is 11.6. The van der Waals surface area contributed by atoms with Crippen LogP contribution < -0.4 is 0 Å². The van der Waals surface area contributed by atoms with Crippen molar-refractivity contribution < 1.29 is 9.90 Å². The molecule has 0 spiro atoms. The SMILES string of the molecule is C=C(C(=O)O)C(C)N(CC)CC.CCCl. The molecule has 0 saturated carbocycles. The van der Waals surface area contributed by atoms with Crippen molar-refractivity contribution in [2.45, 2.75) is 33.7 Å². The minimum Gasteiger partial charge on any atom is -0.478 e. The Labute approximate surface area is 97.7 Å². The molecule has 1 N–H and O–H groups in total. The summed E-state index contributed by atoms with van der Waals surface area (Å²) in [5.74, 6) is -0.186. The minimum atomic E-state index is -0.908. The maximum absolute atomic E-state index is 10.6. The molecule has 1 atom stereocenters. The van der Waals surface area contributed by atoms with E-state index in [-0.39, 0.29) is 11.6 Å². The summed E-state index contributed by atoms with van der Waals surface area (Å²) in [7, 11) is 0. The molecule has 0 saturated heterocycles. The Bertz CT molecular complexity index is 191. The van der Waals surface area contributed by atoms with Crippen molar-refractivity contribution >= 4 is 17.6 Å². The third kappa shape index (κ3) is 7.40. The molecule has 1 unspecified atom stereocenters. The van der Waals surface area contributed by atoms with E-state index in [0.717, 1.165) is 19.0 Å². The fourth-order valence-electron chi connectivity index (χ4n) is 1.17. The molecule has 0 heterocycles. The number of alkyl halides is 1. The fraction of sp³-hybridized carbons (Fsp3) is 0.727. The average molecular weight is 236 g/mol. The molecule has 0 radical (unpaired) electrons. The largest absolute Gasteiger partial charge is 0.478 e. The molecule has 0 aromatic rings. The molecule has 4 heteroatoms. The van der Waals surface area contributed by atoms with E-state index in [0.29, 0.717) is 0 Å². The Balaban J connectivity index is 0. The quantitative estimate of drug-likeness (QED) is 0.588. The van der Waals surface area contributed by atoms with Crippen molar-refractivity contribution in [2.75, 3.05) is 19.0 Å². The van der Waals surface area contributed by atoms with E-state index in [1.54, 1.807) is 0 Å². The van der Waals surface area contributed by atoms with Crippen molar-refractivity contribution in [1.29, 1.82) is 0 Å².